The van der Waals surface area contributed by atoms with Crippen LogP contribution < -0.4 is 5.32 Å². The van der Waals surface area contributed by atoms with Crippen molar-refractivity contribution in [3.63, 3.8) is 0 Å². The van der Waals surface area contributed by atoms with Gasteiger partial charge in [-0.3, -0.25) is 0 Å². The van der Waals surface area contributed by atoms with Crippen LogP contribution in [0.1, 0.15) is 42.6 Å². The van der Waals surface area contributed by atoms with E-state index >= 15 is 0 Å². The lowest BCUT2D eigenvalue weighted by atomic mass is 9.83. The first-order valence-electron chi connectivity index (χ1n) is 7.21. The van der Waals surface area contributed by atoms with E-state index in [0.717, 1.165) is 31.5 Å². The van der Waals surface area contributed by atoms with Crippen molar-refractivity contribution in [3.05, 3.63) is 34.3 Å². The third-order valence-electron chi connectivity index (χ3n) is 4.12. The highest BCUT2D eigenvalue weighted by Crippen LogP contribution is 2.30. The first-order valence-corrected chi connectivity index (χ1v) is 7.59. The second-order valence-corrected chi connectivity index (χ2v) is 6.52. The van der Waals surface area contributed by atoms with E-state index in [2.05, 4.69) is 5.32 Å². The van der Waals surface area contributed by atoms with Crippen LogP contribution in [-0.4, -0.2) is 24.7 Å². The van der Waals surface area contributed by atoms with Crippen LogP contribution in [0.2, 0.25) is 5.02 Å². The normalized spacial score (nSPS) is 17.0. The van der Waals surface area contributed by atoms with Gasteiger partial charge < -0.3 is 10.1 Å². The molecule has 20 heavy (non-hydrogen) atoms. The number of hydrogen-bond donors (Lipinski definition) is 1. The molecule has 1 aliphatic rings. The number of quaternary nitrogens is 1. The predicted molar refractivity (Wildman–Crippen MR) is 80.1 cm³/mol. The minimum Gasteiger partial charge on any atom is -0.456 e. The SMILES string of the molecule is Cc1ccc(Cl)c(C(=O)OC(C)(C)C2CC[NH2+]CC2)c1. The maximum Gasteiger partial charge on any atom is 0.340 e. The number of aryl methyl sites for hydroxylation is 1. The number of carbonyl (C=O) groups excluding carboxylic acids is 1. The van der Waals surface area contributed by atoms with Crippen molar-refractivity contribution in [1.29, 1.82) is 0 Å². The minimum atomic E-state index is -0.446. The highest BCUT2D eigenvalue weighted by atomic mass is 35.5. The molecule has 1 heterocycles. The van der Waals surface area contributed by atoms with Crippen LogP contribution in [0.4, 0.5) is 0 Å². The lowest BCUT2D eigenvalue weighted by molar-refractivity contribution is -0.665. The number of ether oxygens (including phenoxy) is 1. The van der Waals surface area contributed by atoms with Gasteiger partial charge in [0.2, 0.25) is 0 Å². The van der Waals surface area contributed by atoms with Crippen molar-refractivity contribution in [2.24, 2.45) is 5.92 Å². The Morgan fingerprint density at radius 1 is 1.35 bits per heavy atom. The van der Waals surface area contributed by atoms with E-state index in [9.17, 15) is 4.79 Å². The Hall–Kier alpha value is -1.06. The molecule has 0 radical (unpaired) electrons. The molecular formula is C16H23ClNO2+. The molecule has 2 N–H and O–H groups in total. The summed E-state index contributed by atoms with van der Waals surface area (Å²) in [7, 11) is 0. The molecule has 2 rings (SSSR count). The largest absolute Gasteiger partial charge is 0.456 e. The van der Waals surface area contributed by atoms with Crippen LogP contribution in [0.3, 0.4) is 0 Å². The Kier molecular flexibility index (Phi) is 4.71. The predicted octanol–water partition coefficient (Wildman–Crippen LogP) is 2.56. The van der Waals surface area contributed by atoms with Gasteiger partial charge in [-0.1, -0.05) is 23.2 Å². The third kappa shape index (κ3) is 3.53. The monoisotopic (exact) mass is 296 g/mol. The molecule has 110 valence electrons. The maximum atomic E-state index is 12.4. The van der Waals surface area contributed by atoms with Gasteiger partial charge in [-0.05, 0) is 32.9 Å². The molecule has 0 aliphatic carbocycles. The quantitative estimate of drug-likeness (QED) is 0.871. The van der Waals surface area contributed by atoms with Gasteiger partial charge in [-0.2, -0.15) is 0 Å². The van der Waals surface area contributed by atoms with Crippen LogP contribution in [0.25, 0.3) is 0 Å². The first kappa shape index (κ1) is 15.3. The zero-order chi connectivity index (χ0) is 14.8. The van der Waals surface area contributed by atoms with Crippen LogP contribution in [0.5, 0.6) is 0 Å². The summed E-state index contributed by atoms with van der Waals surface area (Å²) in [4.78, 5) is 12.4. The number of benzene rings is 1. The smallest absolute Gasteiger partial charge is 0.340 e. The highest BCUT2D eigenvalue weighted by Gasteiger charge is 2.35. The zero-order valence-electron chi connectivity index (χ0n) is 12.4. The molecule has 0 unspecified atom stereocenters. The number of carbonyl (C=O) groups is 1. The molecule has 1 fully saturated rings. The molecular weight excluding hydrogens is 274 g/mol. The van der Waals surface area contributed by atoms with Gasteiger partial charge >= 0.3 is 5.97 Å². The maximum absolute atomic E-state index is 12.4. The number of hydrogen-bond acceptors (Lipinski definition) is 2. The van der Waals surface area contributed by atoms with Crippen LogP contribution in [0.15, 0.2) is 18.2 Å². The molecule has 1 aromatic rings. The molecule has 0 saturated carbocycles. The molecule has 4 heteroatoms. The van der Waals surface area contributed by atoms with E-state index in [1.54, 1.807) is 12.1 Å². The molecule has 0 amide bonds. The van der Waals surface area contributed by atoms with Crippen LogP contribution >= 0.6 is 11.6 Å². The van der Waals surface area contributed by atoms with E-state index < -0.39 is 5.60 Å². The Morgan fingerprint density at radius 2 is 2.00 bits per heavy atom. The van der Waals surface area contributed by atoms with E-state index in [0.29, 0.717) is 16.5 Å². The van der Waals surface area contributed by atoms with Gasteiger partial charge in [0.1, 0.15) is 5.60 Å². The summed E-state index contributed by atoms with van der Waals surface area (Å²) < 4.78 is 5.76. The fourth-order valence-corrected chi connectivity index (χ4v) is 2.99. The van der Waals surface area contributed by atoms with Crippen LogP contribution in [0, 0.1) is 12.8 Å². The fourth-order valence-electron chi connectivity index (χ4n) is 2.79. The van der Waals surface area contributed by atoms with Crippen molar-refractivity contribution in [2.45, 2.75) is 39.2 Å². The summed E-state index contributed by atoms with van der Waals surface area (Å²) in [5.74, 6) is 0.0956. The molecule has 1 saturated heterocycles. The van der Waals surface area contributed by atoms with Crippen molar-refractivity contribution in [2.75, 3.05) is 13.1 Å². The average Bonchev–Trinajstić information content (AvgIpc) is 2.42. The lowest BCUT2D eigenvalue weighted by Crippen LogP contribution is -2.86. The van der Waals surface area contributed by atoms with Crippen LogP contribution in [-0.2, 0) is 4.74 Å². The lowest BCUT2D eigenvalue weighted by Gasteiger charge is -2.35. The van der Waals surface area contributed by atoms with Crippen molar-refractivity contribution in [3.8, 4) is 0 Å². The van der Waals surface area contributed by atoms with E-state index in [1.807, 2.05) is 26.8 Å². The summed E-state index contributed by atoms with van der Waals surface area (Å²) in [6.07, 6.45) is 2.17. The molecule has 1 aromatic carbocycles. The molecule has 0 bridgehead atoms. The van der Waals surface area contributed by atoms with Gasteiger partial charge in [-0.15, -0.1) is 0 Å². The molecule has 1 aliphatic heterocycles. The fraction of sp³-hybridized carbons (Fsp3) is 0.562. The van der Waals surface area contributed by atoms with E-state index in [1.165, 1.54) is 0 Å². The van der Waals surface area contributed by atoms with Gasteiger partial charge in [0.05, 0.1) is 23.7 Å². The summed E-state index contributed by atoms with van der Waals surface area (Å²) in [5, 5.41) is 2.76. The molecule has 3 nitrogen and oxygen atoms in total. The number of halogens is 1. The minimum absolute atomic E-state index is 0.321. The second kappa shape index (κ2) is 6.15. The average molecular weight is 297 g/mol. The Balaban J connectivity index is 2.11. The number of esters is 1. The molecule has 0 atom stereocenters. The van der Waals surface area contributed by atoms with Gasteiger partial charge in [0.15, 0.2) is 0 Å². The van der Waals surface area contributed by atoms with Crippen molar-refractivity contribution in [1.82, 2.24) is 0 Å². The zero-order valence-corrected chi connectivity index (χ0v) is 13.2. The number of nitrogens with two attached hydrogens (primary N) is 1. The molecule has 0 aromatic heterocycles. The second-order valence-electron chi connectivity index (χ2n) is 6.12. The molecule has 0 spiro atoms. The van der Waals surface area contributed by atoms with Gasteiger partial charge in [0.25, 0.3) is 0 Å². The van der Waals surface area contributed by atoms with Gasteiger partial charge in [-0.25, -0.2) is 4.79 Å². The van der Waals surface area contributed by atoms with Crippen molar-refractivity contribution < 1.29 is 14.8 Å². The standard InChI is InChI=1S/C16H22ClNO2/c1-11-4-5-14(17)13(10-11)15(19)20-16(2,3)12-6-8-18-9-7-12/h4-5,10,12,18H,6-9H2,1-3H3/p+1. The summed E-state index contributed by atoms with van der Waals surface area (Å²) in [6.45, 7) is 8.16. The number of piperidine rings is 1. The third-order valence-corrected chi connectivity index (χ3v) is 4.45. The van der Waals surface area contributed by atoms with E-state index in [4.69, 9.17) is 16.3 Å². The number of rotatable bonds is 3. The summed E-state index contributed by atoms with van der Waals surface area (Å²) in [5.41, 5.74) is 1.02. The Morgan fingerprint density at radius 3 is 2.65 bits per heavy atom. The topological polar surface area (TPSA) is 42.9 Å². The Labute approximate surface area is 125 Å². The summed E-state index contributed by atoms with van der Waals surface area (Å²) in [6, 6.07) is 5.42. The summed E-state index contributed by atoms with van der Waals surface area (Å²) >= 11 is 6.10. The Bertz CT molecular complexity index is 493. The highest BCUT2D eigenvalue weighted by molar-refractivity contribution is 6.33. The first-order chi connectivity index (χ1) is 9.40. The van der Waals surface area contributed by atoms with Crippen molar-refractivity contribution >= 4 is 17.6 Å². The van der Waals surface area contributed by atoms with Gasteiger partial charge in [0, 0.05) is 18.8 Å². The van der Waals surface area contributed by atoms with E-state index in [-0.39, 0.29) is 5.97 Å².